The molecule has 1 N–H and O–H groups in total. The van der Waals surface area contributed by atoms with E-state index in [2.05, 4.69) is 31.9 Å². The fourth-order valence-electron chi connectivity index (χ4n) is 3.73. The Labute approximate surface area is 170 Å². The molecular formula is C21H26N6O2. The molecule has 0 spiro atoms. The van der Waals surface area contributed by atoms with Gasteiger partial charge in [0.15, 0.2) is 5.76 Å². The van der Waals surface area contributed by atoms with E-state index in [0.717, 1.165) is 28.9 Å². The van der Waals surface area contributed by atoms with Crippen LogP contribution in [0.3, 0.4) is 0 Å². The Kier molecular flexibility index (Phi) is 5.27. The van der Waals surface area contributed by atoms with Crippen molar-refractivity contribution in [3.8, 4) is 22.7 Å². The van der Waals surface area contributed by atoms with Crippen LogP contribution >= 0.6 is 0 Å². The molecule has 4 rings (SSSR count). The predicted octanol–water partition coefficient (Wildman–Crippen LogP) is 2.97. The third-order valence-corrected chi connectivity index (χ3v) is 5.53. The van der Waals surface area contributed by atoms with E-state index < -0.39 is 0 Å². The molecule has 2 atom stereocenters. The third-order valence-electron chi connectivity index (χ3n) is 5.53. The molecule has 0 unspecified atom stereocenters. The van der Waals surface area contributed by atoms with Crippen LogP contribution in [0, 0.1) is 19.8 Å². The van der Waals surface area contributed by atoms with Crippen LogP contribution in [0.4, 0.5) is 5.95 Å². The second kappa shape index (κ2) is 7.87. The van der Waals surface area contributed by atoms with Gasteiger partial charge in [0.2, 0.25) is 5.95 Å². The summed E-state index contributed by atoms with van der Waals surface area (Å²) in [6, 6.07) is 0. The summed E-state index contributed by atoms with van der Waals surface area (Å²) in [4.78, 5) is 20.5. The van der Waals surface area contributed by atoms with Crippen LogP contribution in [-0.4, -0.2) is 49.4 Å². The Balaban J connectivity index is 1.82. The number of aliphatic hydroxyl groups is 1. The molecule has 29 heavy (non-hydrogen) atoms. The van der Waals surface area contributed by atoms with Crippen molar-refractivity contribution >= 4 is 5.95 Å². The minimum Gasteiger partial charge on any atom is -0.393 e. The number of aromatic nitrogens is 5. The molecule has 4 heterocycles. The van der Waals surface area contributed by atoms with Crippen molar-refractivity contribution < 1.29 is 9.63 Å². The average molecular weight is 394 g/mol. The first kappa shape index (κ1) is 19.4. The van der Waals surface area contributed by atoms with Gasteiger partial charge in [0, 0.05) is 31.0 Å². The number of hydrogen-bond acceptors (Lipinski definition) is 8. The van der Waals surface area contributed by atoms with Gasteiger partial charge in [-0.2, -0.15) is 0 Å². The summed E-state index contributed by atoms with van der Waals surface area (Å²) in [5.74, 6) is 1.47. The summed E-state index contributed by atoms with van der Waals surface area (Å²) >= 11 is 0. The first-order chi connectivity index (χ1) is 14.0. The first-order valence-corrected chi connectivity index (χ1v) is 10.0. The van der Waals surface area contributed by atoms with E-state index >= 15 is 0 Å². The van der Waals surface area contributed by atoms with Crippen LogP contribution in [0.15, 0.2) is 23.1 Å². The molecule has 0 aromatic carbocycles. The number of anilines is 1. The van der Waals surface area contributed by atoms with E-state index in [0.29, 0.717) is 42.6 Å². The SMILES string of the molecule is CCc1c(C)noc1-c1cnc(N2CC[C@@H](O)[C@@H](C)C2)nc1-c1cnc(C)cn1. The summed E-state index contributed by atoms with van der Waals surface area (Å²) in [6.07, 6.45) is 6.46. The van der Waals surface area contributed by atoms with Gasteiger partial charge >= 0.3 is 0 Å². The molecule has 0 amide bonds. The summed E-state index contributed by atoms with van der Waals surface area (Å²) in [5.41, 5.74) is 4.84. The monoisotopic (exact) mass is 394 g/mol. The van der Waals surface area contributed by atoms with Crippen LogP contribution in [0.5, 0.6) is 0 Å². The van der Waals surface area contributed by atoms with Crippen LogP contribution in [0.25, 0.3) is 22.7 Å². The zero-order valence-electron chi connectivity index (χ0n) is 17.3. The molecule has 152 valence electrons. The highest BCUT2D eigenvalue weighted by atomic mass is 16.5. The standard InChI is InChI=1S/C21H26N6O2/c1-5-15-14(4)26-29-20(15)16-9-24-21(27-7-6-18(28)12(2)11-27)25-19(16)17-10-22-13(3)8-23-17/h8-10,12,18,28H,5-7,11H2,1-4H3/t12-,18+/m0/s1. The molecule has 8 heteroatoms. The van der Waals surface area contributed by atoms with Crippen LogP contribution in [-0.2, 0) is 6.42 Å². The molecule has 0 aliphatic carbocycles. The Morgan fingerprint density at radius 2 is 2.00 bits per heavy atom. The smallest absolute Gasteiger partial charge is 0.225 e. The quantitative estimate of drug-likeness (QED) is 0.721. The van der Waals surface area contributed by atoms with E-state index in [1.54, 1.807) is 18.6 Å². The molecule has 1 aliphatic rings. The lowest BCUT2D eigenvalue weighted by molar-refractivity contribution is 0.0966. The van der Waals surface area contributed by atoms with Crippen molar-refractivity contribution in [2.45, 2.75) is 46.6 Å². The minimum absolute atomic E-state index is 0.165. The lowest BCUT2D eigenvalue weighted by Gasteiger charge is -2.34. The number of hydrogen-bond donors (Lipinski definition) is 1. The second-order valence-electron chi connectivity index (χ2n) is 7.68. The van der Waals surface area contributed by atoms with Crippen molar-refractivity contribution in [2.75, 3.05) is 18.0 Å². The predicted molar refractivity (Wildman–Crippen MR) is 109 cm³/mol. The lowest BCUT2D eigenvalue weighted by Crippen LogP contribution is -2.42. The maximum atomic E-state index is 10.0. The van der Waals surface area contributed by atoms with Crippen molar-refractivity contribution in [3.05, 3.63) is 35.5 Å². The van der Waals surface area contributed by atoms with E-state index in [1.165, 1.54) is 0 Å². The molecule has 0 saturated carbocycles. The van der Waals surface area contributed by atoms with Crippen LogP contribution in [0.1, 0.15) is 37.2 Å². The number of rotatable bonds is 4. The normalized spacial score (nSPS) is 19.6. The lowest BCUT2D eigenvalue weighted by atomic mass is 9.97. The number of nitrogens with zero attached hydrogens (tertiary/aromatic N) is 6. The van der Waals surface area contributed by atoms with Gasteiger partial charge in [0.25, 0.3) is 0 Å². The molecule has 3 aromatic heterocycles. The van der Waals surface area contributed by atoms with Crippen molar-refractivity contribution in [1.29, 1.82) is 0 Å². The van der Waals surface area contributed by atoms with Gasteiger partial charge in [-0.05, 0) is 32.6 Å². The largest absolute Gasteiger partial charge is 0.393 e. The van der Waals surface area contributed by atoms with Crippen LogP contribution in [0.2, 0.25) is 0 Å². The van der Waals surface area contributed by atoms with Crippen LogP contribution < -0.4 is 4.90 Å². The van der Waals surface area contributed by atoms with E-state index in [-0.39, 0.29) is 12.0 Å². The van der Waals surface area contributed by atoms with E-state index in [4.69, 9.17) is 9.51 Å². The second-order valence-corrected chi connectivity index (χ2v) is 7.68. The van der Waals surface area contributed by atoms with Gasteiger partial charge in [-0.3, -0.25) is 9.97 Å². The maximum Gasteiger partial charge on any atom is 0.225 e. The van der Waals surface area contributed by atoms with E-state index in [9.17, 15) is 5.11 Å². The fraction of sp³-hybridized carbons (Fsp3) is 0.476. The zero-order chi connectivity index (χ0) is 20.5. The molecule has 1 aliphatic heterocycles. The number of aryl methyl sites for hydroxylation is 2. The van der Waals surface area contributed by atoms with E-state index in [1.807, 2.05) is 20.8 Å². The minimum atomic E-state index is -0.280. The van der Waals surface area contributed by atoms with Crippen molar-refractivity contribution in [3.63, 3.8) is 0 Å². The molecule has 0 bridgehead atoms. The first-order valence-electron chi connectivity index (χ1n) is 10.0. The van der Waals surface area contributed by atoms with Gasteiger partial charge in [-0.1, -0.05) is 19.0 Å². The highest BCUT2D eigenvalue weighted by Gasteiger charge is 2.27. The highest BCUT2D eigenvalue weighted by molar-refractivity contribution is 5.78. The summed E-state index contributed by atoms with van der Waals surface area (Å²) in [6.45, 7) is 9.38. The molecule has 0 radical (unpaired) electrons. The Bertz CT molecular complexity index is 1000. The Hall–Kier alpha value is -2.87. The summed E-state index contributed by atoms with van der Waals surface area (Å²) < 4.78 is 5.65. The molecule has 1 fully saturated rings. The molecule has 8 nitrogen and oxygen atoms in total. The molecular weight excluding hydrogens is 368 g/mol. The number of piperidine rings is 1. The van der Waals surface area contributed by atoms with Gasteiger partial charge in [0.1, 0.15) is 11.4 Å². The van der Waals surface area contributed by atoms with Gasteiger partial charge < -0.3 is 14.5 Å². The summed E-state index contributed by atoms with van der Waals surface area (Å²) in [7, 11) is 0. The fourth-order valence-corrected chi connectivity index (χ4v) is 3.73. The van der Waals surface area contributed by atoms with Gasteiger partial charge in [0.05, 0.1) is 29.3 Å². The number of aliphatic hydroxyl groups excluding tert-OH is 1. The molecule has 3 aromatic rings. The Morgan fingerprint density at radius 1 is 1.17 bits per heavy atom. The third kappa shape index (κ3) is 3.72. The van der Waals surface area contributed by atoms with Gasteiger partial charge in [-0.15, -0.1) is 0 Å². The topological polar surface area (TPSA) is 101 Å². The van der Waals surface area contributed by atoms with Crippen molar-refractivity contribution in [1.82, 2.24) is 25.1 Å². The van der Waals surface area contributed by atoms with Gasteiger partial charge in [-0.25, -0.2) is 9.97 Å². The zero-order valence-corrected chi connectivity index (χ0v) is 17.3. The average Bonchev–Trinajstić information content (AvgIpc) is 3.10. The highest BCUT2D eigenvalue weighted by Crippen LogP contribution is 2.34. The van der Waals surface area contributed by atoms with Crippen molar-refractivity contribution in [2.24, 2.45) is 5.92 Å². The molecule has 1 saturated heterocycles. The Morgan fingerprint density at radius 3 is 2.69 bits per heavy atom. The summed E-state index contributed by atoms with van der Waals surface area (Å²) in [5, 5.41) is 14.2. The maximum absolute atomic E-state index is 10.0.